The fourth-order valence-corrected chi connectivity index (χ4v) is 1.22. The molecule has 76 valence electrons. The van der Waals surface area contributed by atoms with Crippen molar-refractivity contribution in [2.24, 2.45) is 5.73 Å². The summed E-state index contributed by atoms with van der Waals surface area (Å²) in [6.45, 7) is 2.45. The Hall–Kier alpha value is -1.19. The summed E-state index contributed by atoms with van der Waals surface area (Å²) in [5.74, 6) is 0. The summed E-state index contributed by atoms with van der Waals surface area (Å²) in [6.07, 6.45) is 7.73. The minimum absolute atomic E-state index is 0.612. The molecule has 0 saturated heterocycles. The lowest BCUT2D eigenvalue weighted by molar-refractivity contribution is 0.363. The predicted molar refractivity (Wildman–Crippen MR) is 58.8 cm³/mol. The van der Waals surface area contributed by atoms with Crippen molar-refractivity contribution in [3.8, 4) is 0 Å². The van der Waals surface area contributed by atoms with Crippen LogP contribution in [0.3, 0.4) is 0 Å². The first-order valence-corrected chi connectivity index (χ1v) is 4.75. The van der Waals surface area contributed by atoms with Crippen LogP contribution >= 0.6 is 0 Å². The highest BCUT2D eigenvalue weighted by Gasteiger charge is 1.96. The molecular formula is C11H17N3. The zero-order valence-electron chi connectivity index (χ0n) is 8.56. The molecule has 0 bridgehead atoms. The Morgan fingerprint density at radius 3 is 3.00 bits per heavy atom. The van der Waals surface area contributed by atoms with Gasteiger partial charge in [-0.1, -0.05) is 18.2 Å². The van der Waals surface area contributed by atoms with Crippen LogP contribution in [0.25, 0.3) is 0 Å². The summed E-state index contributed by atoms with van der Waals surface area (Å²) >= 11 is 0. The Morgan fingerprint density at radius 1 is 1.50 bits per heavy atom. The van der Waals surface area contributed by atoms with Crippen molar-refractivity contribution in [2.45, 2.75) is 6.54 Å². The van der Waals surface area contributed by atoms with Crippen LogP contribution in [0.4, 0.5) is 0 Å². The second-order valence-corrected chi connectivity index (χ2v) is 3.27. The van der Waals surface area contributed by atoms with Gasteiger partial charge in [-0.25, -0.2) is 0 Å². The van der Waals surface area contributed by atoms with Gasteiger partial charge in [0.25, 0.3) is 0 Å². The molecule has 2 N–H and O–H groups in total. The molecule has 1 heterocycles. The van der Waals surface area contributed by atoms with E-state index < -0.39 is 0 Å². The van der Waals surface area contributed by atoms with Crippen LogP contribution < -0.4 is 5.73 Å². The number of nitrogens with two attached hydrogens (primary N) is 1. The molecule has 3 nitrogen and oxygen atoms in total. The predicted octanol–water partition coefficient (Wildman–Crippen LogP) is 1.03. The maximum absolute atomic E-state index is 5.35. The number of likely N-dealkylation sites (N-methyl/N-ethyl adjacent to an activating group) is 1. The van der Waals surface area contributed by atoms with E-state index in [1.807, 2.05) is 18.3 Å². The smallest absolute Gasteiger partial charge is 0.0312 e. The third-order valence-corrected chi connectivity index (χ3v) is 1.90. The topological polar surface area (TPSA) is 42.1 Å². The van der Waals surface area contributed by atoms with Crippen LogP contribution in [0, 0.1) is 0 Å². The van der Waals surface area contributed by atoms with Crippen molar-refractivity contribution in [1.82, 2.24) is 9.88 Å². The second-order valence-electron chi connectivity index (χ2n) is 3.27. The number of hydrogen-bond donors (Lipinski definition) is 1. The molecule has 0 spiro atoms. The van der Waals surface area contributed by atoms with Crippen molar-refractivity contribution in [1.29, 1.82) is 0 Å². The van der Waals surface area contributed by atoms with Gasteiger partial charge in [-0.3, -0.25) is 9.88 Å². The minimum Gasteiger partial charge on any atom is -0.327 e. The average molecular weight is 191 g/mol. The largest absolute Gasteiger partial charge is 0.327 e. The van der Waals surface area contributed by atoms with Gasteiger partial charge in [-0.05, 0) is 18.7 Å². The van der Waals surface area contributed by atoms with E-state index in [1.54, 1.807) is 6.20 Å². The number of nitrogens with zero attached hydrogens (tertiary/aromatic N) is 2. The van der Waals surface area contributed by atoms with Crippen LogP contribution in [-0.2, 0) is 6.54 Å². The van der Waals surface area contributed by atoms with Gasteiger partial charge in [-0.2, -0.15) is 0 Å². The van der Waals surface area contributed by atoms with E-state index in [0.717, 1.165) is 13.1 Å². The second kappa shape index (κ2) is 6.29. The molecule has 1 aromatic heterocycles. The summed E-state index contributed by atoms with van der Waals surface area (Å²) in [5, 5.41) is 0. The van der Waals surface area contributed by atoms with E-state index >= 15 is 0 Å². The first-order valence-electron chi connectivity index (χ1n) is 4.75. The lowest BCUT2D eigenvalue weighted by Gasteiger charge is -2.13. The normalized spacial score (nSPS) is 11.4. The molecule has 0 aliphatic rings. The Morgan fingerprint density at radius 2 is 2.36 bits per heavy atom. The van der Waals surface area contributed by atoms with E-state index in [-0.39, 0.29) is 0 Å². The van der Waals surface area contributed by atoms with Crippen LogP contribution in [0.1, 0.15) is 5.56 Å². The Bertz CT molecular complexity index is 269. The van der Waals surface area contributed by atoms with Crippen LogP contribution in [-0.4, -0.2) is 30.0 Å². The highest BCUT2D eigenvalue weighted by molar-refractivity contribution is 5.08. The zero-order chi connectivity index (χ0) is 10.2. The standard InChI is InChI=1S/C11H17N3/c1-14(8-3-2-6-12)10-11-5-4-7-13-9-11/h2-5,7,9H,6,8,10,12H2,1H3. The molecule has 0 unspecified atom stereocenters. The number of hydrogen-bond acceptors (Lipinski definition) is 3. The fourth-order valence-electron chi connectivity index (χ4n) is 1.22. The molecule has 1 aromatic rings. The monoisotopic (exact) mass is 191 g/mol. The maximum Gasteiger partial charge on any atom is 0.0312 e. The molecule has 0 amide bonds. The zero-order valence-corrected chi connectivity index (χ0v) is 8.56. The molecule has 0 aliphatic carbocycles. The minimum atomic E-state index is 0.612. The van der Waals surface area contributed by atoms with E-state index in [9.17, 15) is 0 Å². The maximum atomic E-state index is 5.35. The molecule has 0 atom stereocenters. The summed E-state index contributed by atoms with van der Waals surface area (Å²) in [6, 6.07) is 4.04. The summed E-state index contributed by atoms with van der Waals surface area (Å²) in [5.41, 5.74) is 6.58. The molecule has 0 aromatic carbocycles. The van der Waals surface area contributed by atoms with Crippen LogP contribution in [0.5, 0.6) is 0 Å². The van der Waals surface area contributed by atoms with Crippen molar-refractivity contribution in [3.05, 3.63) is 42.2 Å². The van der Waals surface area contributed by atoms with Gasteiger partial charge in [-0.15, -0.1) is 0 Å². The molecule has 0 aliphatic heterocycles. The Balaban J connectivity index is 2.34. The van der Waals surface area contributed by atoms with E-state index in [1.165, 1.54) is 5.56 Å². The van der Waals surface area contributed by atoms with Gasteiger partial charge < -0.3 is 5.73 Å². The molecule has 1 rings (SSSR count). The molecule has 3 heteroatoms. The quantitative estimate of drug-likeness (QED) is 0.707. The third kappa shape index (κ3) is 4.16. The summed E-state index contributed by atoms with van der Waals surface area (Å²) in [4.78, 5) is 6.28. The molecule has 0 radical (unpaired) electrons. The van der Waals surface area contributed by atoms with E-state index in [4.69, 9.17) is 5.73 Å². The number of pyridine rings is 1. The Labute approximate surface area is 85.3 Å². The lowest BCUT2D eigenvalue weighted by atomic mass is 10.3. The van der Waals surface area contributed by atoms with Crippen molar-refractivity contribution >= 4 is 0 Å². The van der Waals surface area contributed by atoms with Gasteiger partial charge in [0.2, 0.25) is 0 Å². The Kier molecular flexibility index (Phi) is 4.89. The average Bonchev–Trinajstić information content (AvgIpc) is 2.20. The van der Waals surface area contributed by atoms with E-state index in [2.05, 4.69) is 29.1 Å². The highest BCUT2D eigenvalue weighted by Crippen LogP contribution is 1.99. The SMILES string of the molecule is CN(CC=CCN)Cc1cccnc1. The summed E-state index contributed by atoms with van der Waals surface area (Å²) in [7, 11) is 2.08. The highest BCUT2D eigenvalue weighted by atomic mass is 15.1. The lowest BCUT2D eigenvalue weighted by Crippen LogP contribution is -2.17. The van der Waals surface area contributed by atoms with Gasteiger partial charge in [0.15, 0.2) is 0 Å². The van der Waals surface area contributed by atoms with Crippen molar-refractivity contribution in [3.63, 3.8) is 0 Å². The molecular weight excluding hydrogens is 174 g/mol. The number of aromatic nitrogens is 1. The summed E-state index contributed by atoms with van der Waals surface area (Å²) < 4.78 is 0. The van der Waals surface area contributed by atoms with Crippen molar-refractivity contribution < 1.29 is 0 Å². The fraction of sp³-hybridized carbons (Fsp3) is 0.364. The third-order valence-electron chi connectivity index (χ3n) is 1.90. The van der Waals surface area contributed by atoms with Gasteiger partial charge in [0.1, 0.15) is 0 Å². The molecule has 0 fully saturated rings. The van der Waals surface area contributed by atoms with Gasteiger partial charge >= 0.3 is 0 Å². The van der Waals surface area contributed by atoms with E-state index in [0.29, 0.717) is 6.54 Å². The van der Waals surface area contributed by atoms with Gasteiger partial charge in [0.05, 0.1) is 0 Å². The van der Waals surface area contributed by atoms with Crippen molar-refractivity contribution in [2.75, 3.05) is 20.1 Å². The van der Waals surface area contributed by atoms with Crippen LogP contribution in [0.2, 0.25) is 0 Å². The van der Waals surface area contributed by atoms with Gasteiger partial charge in [0, 0.05) is 32.0 Å². The first kappa shape index (κ1) is 10.9. The van der Waals surface area contributed by atoms with Crippen LogP contribution in [0.15, 0.2) is 36.7 Å². The molecule has 14 heavy (non-hydrogen) atoms. The molecule has 0 saturated carbocycles. The first-order chi connectivity index (χ1) is 6.83. The number of rotatable bonds is 5.